The highest BCUT2D eigenvalue weighted by Gasteiger charge is 2.32. The number of hydrogen-bond donors (Lipinski definition) is 1. The van der Waals surface area contributed by atoms with E-state index in [-0.39, 0.29) is 0 Å². The molecule has 2 aliphatic carbocycles. The Balaban J connectivity index is 1.98. The third kappa shape index (κ3) is 2.65. The van der Waals surface area contributed by atoms with Crippen LogP contribution in [0.4, 0.5) is 5.82 Å². The van der Waals surface area contributed by atoms with Gasteiger partial charge in [-0.1, -0.05) is 12.2 Å². The van der Waals surface area contributed by atoms with Crippen LogP contribution in [0.3, 0.4) is 0 Å². The van der Waals surface area contributed by atoms with Crippen LogP contribution >= 0.6 is 12.2 Å². The summed E-state index contributed by atoms with van der Waals surface area (Å²) in [6, 6.07) is 2.74. The van der Waals surface area contributed by atoms with E-state index in [0.717, 1.165) is 30.8 Å². The van der Waals surface area contributed by atoms with Crippen molar-refractivity contribution in [1.82, 2.24) is 4.98 Å². The van der Waals surface area contributed by atoms with Gasteiger partial charge < -0.3 is 15.4 Å². The SMILES string of the molecule is COCCN(c1nc2c(cc1C(N)=S)CCC2)C1CC1. The zero-order valence-electron chi connectivity index (χ0n) is 11.9. The summed E-state index contributed by atoms with van der Waals surface area (Å²) in [5.74, 6) is 0.970. The molecule has 1 aromatic heterocycles. The lowest BCUT2D eigenvalue weighted by Gasteiger charge is -2.26. The van der Waals surface area contributed by atoms with Crippen molar-refractivity contribution in [2.75, 3.05) is 25.2 Å². The highest BCUT2D eigenvalue weighted by Crippen LogP contribution is 2.34. The van der Waals surface area contributed by atoms with Crippen LogP contribution in [-0.4, -0.2) is 36.3 Å². The number of pyridine rings is 1. The molecule has 5 heteroatoms. The molecule has 0 spiro atoms. The molecule has 0 aromatic carbocycles. The van der Waals surface area contributed by atoms with E-state index in [1.54, 1.807) is 7.11 Å². The molecule has 0 radical (unpaired) electrons. The van der Waals surface area contributed by atoms with Gasteiger partial charge in [-0.15, -0.1) is 0 Å². The van der Waals surface area contributed by atoms with Crippen LogP contribution in [-0.2, 0) is 17.6 Å². The standard InChI is InChI=1S/C15H21N3OS/c1-19-8-7-18(11-5-6-11)15-12(14(16)20)9-10-3-2-4-13(10)17-15/h9,11H,2-8H2,1H3,(H2,16,20). The van der Waals surface area contributed by atoms with Gasteiger partial charge in [0.15, 0.2) is 0 Å². The normalized spacial score (nSPS) is 17.1. The molecule has 20 heavy (non-hydrogen) atoms. The second-order valence-corrected chi connectivity index (χ2v) is 6.04. The van der Waals surface area contributed by atoms with Crippen molar-refractivity contribution in [1.29, 1.82) is 0 Å². The molecular weight excluding hydrogens is 270 g/mol. The number of aryl methyl sites for hydroxylation is 2. The Morgan fingerprint density at radius 3 is 2.95 bits per heavy atom. The summed E-state index contributed by atoms with van der Waals surface area (Å²) in [5.41, 5.74) is 9.41. The molecule has 0 aliphatic heterocycles. The molecule has 2 N–H and O–H groups in total. The highest BCUT2D eigenvalue weighted by atomic mass is 32.1. The summed E-state index contributed by atoms with van der Waals surface area (Å²) in [4.78, 5) is 7.67. The molecule has 0 unspecified atom stereocenters. The maximum absolute atomic E-state index is 5.93. The second kappa shape index (κ2) is 5.66. The molecule has 0 saturated heterocycles. The minimum atomic E-state index is 0.449. The smallest absolute Gasteiger partial charge is 0.139 e. The topological polar surface area (TPSA) is 51.4 Å². The average molecular weight is 291 g/mol. The number of fused-ring (bicyclic) bond motifs is 1. The van der Waals surface area contributed by atoms with E-state index in [1.807, 2.05) is 0 Å². The van der Waals surface area contributed by atoms with Crippen LogP contribution in [0.2, 0.25) is 0 Å². The Bertz CT molecular complexity index is 528. The fourth-order valence-electron chi connectivity index (χ4n) is 2.90. The molecule has 1 fully saturated rings. The van der Waals surface area contributed by atoms with Gasteiger partial charge in [0.05, 0.1) is 12.2 Å². The number of ether oxygens (including phenoxy) is 1. The summed E-state index contributed by atoms with van der Waals surface area (Å²) in [7, 11) is 1.73. The van der Waals surface area contributed by atoms with Gasteiger partial charge >= 0.3 is 0 Å². The van der Waals surface area contributed by atoms with E-state index in [2.05, 4.69) is 11.0 Å². The van der Waals surface area contributed by atoms with Crippen LogP contribution in [0.15, 0.2) is 6.07 Å². The lowest BCUT2D eigenvalue weighted by molar-refractivity contribution is 0.204. The first kappa shape index (κ1) is 13.8. The quantitative estimate of drug-likeness (QED) is 0.810. The van der Waals surface area contributed by atoms with Crippen molar-refractivity contribution in [3.05, 3.63) is 22.9 Å². The molecule has 1 heterocycles. The molecule has 0 atom stereocenters. The van der Waals surface area contributed by atoms with Gasteiger partial charge in [0.1, 0.15) is 10.8 Å². The molecule has 3 rings (SSSR count). The Labute approximate surface area is 125 Å². The Kier molecular flexibility index (Phi) is 3.89. The van der Waals surface area contributed by atoms with E-state index in [0.29, 0.717) is 17.6 Å². The number of rotatable bonds is 6. The zero-order chi connectivity index (χ0) is 14.1. The van der Waals surface area contributed by atoms with Crippen LogP contribution < -0.4 is 10.6 Å². The molecular formula is C15H21N3OS. The molecule has 0 bridgehead atoms. The lowest BCUT2D eigenvalue weighted by atomic mass is 10.1. The van der Waals surface area contributed by atoms with Crippen LogP contribution in [0.1, 0.15) is 36.1 Å². The Morgan fingerprint density at radius 1 is 1.50 bits per heavy atom. The Hall–Kier alpha value is -1.20. The van der Waals surface area contributed by atoms with Crippen molar-refractivity contribution in [2.45, 2.75) is 38.1 Å². The van der Waals surface area contributed by atoms with Crippen LogP contribution in [0.25, 0.3) is 0 Å². The fourth-order valence-corrected chi connectivity index (χ4v) is 3.05. The third-order valence-corrected chi connectivity index (χ3v) is 4.31. The van der Waals surface area contributed by atoms with Gasteiger partial charge in [-0.2, -0.15) is 0 Å². The summed E-state index contributed by atoms with van der Waals surface area (Å²) in [5, 5.41) is 0. The number of hydrogen-bond acceptors (Lipinski definition) is 4. The van der Waals surface area contributed by atoms with E-state index >= 15 is 0 Å². The van der Waals surface area contributed by atoms with Gasteiger partial charge in [0.2, 0.25) is 0 Å². The van der Waals surface area contributed by atoms with Gasteiger partial charge in [-0.3, -0.25) is 0 Å². The minimum absolute atomic E-state index is 0.449. The lowest BCUT2D eigenvalue weighted by Crippen LogP contribution is -2.32. The van der Waals surface area contributed by atoms with Crippen molar-refractivity contribution in [3.8, 4) is 0 Å². The third-order valence-electron chi connectivity index (χ3n) is 4.09. The summed E-state index contributed by atoms with van der Waals surface area (Å²) in [6.07, 6.45) is 5.80. The van der Waals surface area contributed by atoms with Gasteiger partial charge in [-0.25, -0.2) is 4.98 Å². The average Bonchev–Trinajstić information content (AvgIpc) is 3.16. The summed E-state index contributed by atoms with van der Waals surface area (Å²) < 4.78 is 5.23. The van der Waals surface area contributed by atoms with Crippen LogP contribution in [0.5, 0.6) is 0 Å². The number of anilines is 1. The van der Waals surface area contributed by atoms with Crippen LogP contribution in [0, 0.1) is 0 Å². The molecule has 108 valence electrons. The predicted molar refractivity (Wildman–Crippen MR) is 84.4 cm³/mol. The molecule has 1 aromatic rings. The molecule has 4 nitrogen and oxygen atoms in total. The van der Waals surface area contributed by atoms with E-state index in [4.69, 9.17) is 27.7 Å². The van der Waals surface area contributed by atoms with Gasteiger partial charge in [0, 0.05) is 25.4 Å². The number of nitrogens with two attached hydrogens (primary N) is 1. The first-order valence-electron chi connectivity index (χ1n) is 7.29. The minimum Gasteiger partial charge on any atom is -0.389 e. The zero-order valence-corrected chi connectivity index (χ0v) is 12.7. The van der Waals surface area contributed by atoms with Crippen molar-refractivity contribution >= 4 is 23.0 Å². The Morgan fingerprint density at radius 2 is 2.30 bits per heavy atom. The predicted octanol–water partition coefficient (Wildman–Crippen LogP) is 1.82. The largest absolute Gasteiger partial charge is 0.389 e. The first-order valence-corrected chi connectivity index (χ1v) is 7.69. The molecule has 0 amide bonds. The number of methoxy groups -OCH3 is 1. The van der Waals surface area contributed by atoms with Gasteiger partial charge in [-0.05, 0) is 43.7 Å². The van der Waals surface area contributed by atoms with Crippen molar-refractivity contribution < 1.29 is 4.74 Å². The number of thiocarbonyl (C=S) groups is 1. The molecule has 2 aliphatic rings. The summed E-state index contributed by atoms with van der Waals surface area (Å²) in [6.45, 7) is 1.55. The summed E-state index contributed by atoms with van der Waals surface area (Å²) >= 11 is 5.24. The van der Waals surface area contributed by atoms with E-state index in [9.17, 15) is 0 Å². The first-order chi connectivity index (χ1) is 9.70. The van der Waals surface area contributed by atoms with Crippen molar-refractivity contribution in [3.63, 3.8) is 0 Å². The van der Waals surface area contributed by atoms with Gasteiger partial charge in [0.25, 0.3) is 0 Å². The fraction of sp³-hybridized carbons (Fsp3) is 0.600. The number of aromatic nitrogens is 1. The highest BCUT2D eigenvalue weighted by molar-refractivity contribution is 7.80. The monoisotopic (exact) mass is 291 g/mol. The maximum Gasteiger partial charge on any atom is 0.139 e. The second-order valence-electron chi connectivity index (χ2n) is 5.60. The number of nitrogens with zero attached hydrogens (tertiary/aromatic N) is 2. The maximum atomic E-state index is 5.93. The van der Waals surface area contributed by atoms with E-state index in [1.165, 1.54) is 30.5 Å². The molecule has 1 saturated carbocycles. The van der Waals surface area contributed by atoms with E-state index < -0.39 is 0 Å². The van der Waals surface area contributed by atoms with Crippen molar-refractivity contribution in [2.24, 2.45) is 5.73 Å².